The fraction of sp³-hybridized carbons (Fsp3) is 0.0667. The molecule has 1 heterocycles. The van der Waals surface area contributed by atoms with E-state index in [9.17, 15) is 18.4 Å². The van der Waals surface area contributed by atoms with Gasteiger partial charge in [0.25, 0.3) is 0 Å². The molecule has 0 spiro atoms. The predicted octanol–water partition coefficient (Wildman–Crippen LogP) is 3.64. The molecule has 2 aromatic rings. The van der Waals surface area contributed by atoms with E-state index in [1.165, 1.54) is 24.3 Å². The van der Waals surface area contributed by atoms with E-state index < -0.39 is 23.4 Å². The van der Waals surface area contributed by atoms with Gasteiger partial charge in [0.05, 0.1) is 11.4 Å². The van der Waals surface area contributed by atoms with Crippen LogP contribution in [0.15, 0.2) is 35.0 Å². The standard InChI is InChI=1S/C15H12F2N2O2S/c1-9(20)18-13-6-11(16)12(17)7-14(13)19-15(21)3-2-10-4-5-22-8-10/h2-8H,1H3,(H,18,20)(H,19,21)/b3-2+. The van der Waals surface area contributed by atoms with Crippen LogP contribution in [0.5, 0.6) is 0 Å². The summed E-state index contributed by atoms with van der Waals surface area (Å²) >= 11 is 1.49. The zero-order valence-corrected chi connectivity index (χ0v) is 12.3. The number of thiophene rings is 1. The molecule has 1 aromatic heterocycles. The molecule has 4 nitrogen and oxygen atoms in total. The highest BCUT2D eigenvalue weighted by atomic mass is 32.1. The summed E-state index contributed by atoms with van der Waals surface area (Å²) in [6, 6.07) is 3.46. The van der Waals surface area contributed by atoms with E-state index in [1.807, 2.05) is 16.8 Å². The molecule has 2 amide bonds. The molecule has 0 aliphatic heterocycles. The fourth-order valence-corrected chi connectivity index (χ4v) is 2.29. The highest BCUT2D eigenvalue weighted by Crippen LogP contribution is 2.25. The summed E-state index contributed by atoms with van der Waals surface area (Å²) in [5.41, 5.74) is 0.824. The minimum atomic E-state index is -1.12. The molecule has 0 unspecified atom stereocenters. The Balaban J connectivity index is 2.18. The first-order chi connectivity index (χ1) is 10.5. The van der Waals surface area contributed by atoms with Crippen molar-refractivity contribution >= 4 is 40.6 Å². The van der Waals surface area contributed by atoms with Gasteiger partial charge in [0.1, 0.15) is 0 Å². The molecule has 22 heavy (non-hydrogen) atoms. The van der Waals surface area contributed by atoms with Gasteiger partial charge in [-0.05, 0) is 28.5 Å². The summed E-state index contributed by atoms with van der Waals surface area (Å²) in [4.78, 5) is 22.9. The molecule has 0 bridgehead atoms. The molecule has 0 atom stereocenters. The maximum Gasteiger partial charge on any atom is 0.248 e. The topological polar surface area (TPSA) is 58.2 Å². The van der Waals surface area contributed by atoms with Crippen LogP contribution in [-0.2, 0) is 9.59 Å². The SMILES string of the molecule is CC(=O)Nc1cc(F)c(F)cc1NC(=O)/C=C/c1ccsc1. The smallest absolute Gasteiger partial charge is 0.248 e. The van der Waals surface area contributed by atoms with Crippen LogP contribution in [0.4, 0.5) is 20.2 Å². The number of nitrogens with one attached hydrogen (secondary N) is 2. The molecule has 0 aliphatic carbocycles. The van der Waals surface area contributed by atoms with Crippen LogP contribution >= 0.6 is 11.3 Å². The molecule has 7 heteroatoms. The van der Waals surface area contributed by atoms with Gasteiger partial charge in [0.2, 0.25) is 11.8 Å². The van der Waals surface area contributed by atoms with Gasteiger partial charge < -0.3 is 10.6 Å². The average molecular weight is 322 g/mol. The Kier molecular flexibility index (Phi) is 5.00. The number of carbonyl (C=O) groups excluding carboxylic acids is 2. The summed E-state index contributed by atoms with van der Waals surface area (Å²) in [6.07, 6.45) is 2.85. The van der Waals surface area contributed by atoms with Crippen LogP contribution in [0.25, 0.3) is 6.08 Å². The van der Waals surface area contributed by atoms with E-state index in [1.54, 1.807) is 6.08 Å². The van der Waals surface area contributed by atoms with Crippen molar-refractivity contribution in [3.8, 4) is 0 Å². The first-order valence-corrected chi connectivity index (χ1v) is 7.18. The first-order valence-electron chi connectivity index (χ1n) is 6.23. The zero-order chi connectivity index (χ0) is 16.1. The van der Waals surface area contributed by atoms with Gasteiger partial charge in [-0.1, -0.05) is 0 Å². The van der Waals surface area contributed by atoms with E-state index in [0.717, 1.165) is 17.7 Å². The van der Waals surface area contributed by atoms with E-state index in [0.29, 0.717) is 0 Å². The van der Waals surface area contributed by atoms with Crippen molar-refractivity contribution in [2.24, 2.45) is 0 Å². The molecule has 0 saturated carbocycles. The Morgan fingerprint density at radius 3 is 2.32 bits per heavy atom. The van der Waals surface area contributed by atoms with Crippen molar-refractivity contribution in [3.05, 3.63) is 52.2 Å². The Labute approximate surface area is 129 Å². The summed E-state index contributed by atoms with van der Waals surface area (Å²) in [5.74, 6) is -3.22. The normalized spacial score (nSPS) is 10.7. The van der Waals surface area contributed by atoms with E-state index in [-0.39, 0.29) is 11.4 Å². The number of carbonyl (C=O) groups is 2. The number of amides is 2. The van der Waals surface area contributed by atoms with Crippen molar-refractivity contribution < 1.29 is 18.4 Å². The number of hydrogen-bond acceptors (Lipinski definition) is 3. The van der Waals surface area contributed by atoms with Crippen molar-refractivity contribution in [2.45, 2.75) is 6.92 Å². The molecular weight excluding hydrogens is 310 g/mol. The largest absolute Gasteiger partial charge is 0.324 e. The maximum absolute atomic E-state index is 13.3. The minimum Gasteiger partial charge on any atom is -0.324 e. The number of anilines is 2. The molecule has 0 radical (unpaired) electrons. The van der Waals surface area contributed by atoms with Gasteiger partial charge in [-0.25, -0.2) is 8.78 Å². The van der Waals surface area contributed by atoms with Crippen molar-refractivity contribution in [1.29, 1.82) is 0 Å². The molecule has 0 aliphatic rings. The molecule has 1 aromatic carbocycles. The summed E-state index contributed by atoms with van der Waals surface area (Å²) in [7, 11) is 0. The van der Waals surface area contributed by atoms with Crippen LogP contribution in [0.3, 0.4) is 0 Å². The molecule has 2 rings (SSSR count). The van der Waals surface area contributed by atoms with Gasteiger partial charge in [0.15, 0.2) is 11.6 Å². The molecule has 2 N–H and O–H groups in total. The Hall–Kier alpha value is -2.54. The third kappa shape index (κ3) is 4.23. The maximum atomic E-state index is 13.3. The highest BCUT2D eigenvalue weighted by Gasteiger charge is 2.12. The second-order valence-electron chi connectivity index (χ2n) is 4.37. The monoisotopic (exact) mass is 322 g/mol. The first kappa shape index (κ1) is 15.8. The van der Waals surface area contributed by atoms with Crippen molar-refractivity contribution in [1.82, 2.24) is 0 Å². The van der Waals surface area contributed by atoms with E-state index in [2.05, 4.69) is 10.6 Å². The van der Waals surface area contributed by atoms with Gasteiger partial charge in [-0.3, -0.25) is 9.59 Å². The quantitative estimate of drug-likeness (QED) is 0.844. The number of hydrogen-bond donors (Lipinski definition) is 2. The lowest BCUT2D eigenvalue weighted by atomic mass is 10.2. The highest BCUT2D eigenvalue weighted by molar-refractivity contribution is 7.08. The van der Waals surface area contributed by atoms with Gasteiger partial charge >= 0.3 is 0 Å². The lowest BCUT2D eigenvalue weighted by Crippen LogP contribution is -2.13. The lowest BCUT2D eigenvalue weighted by molar-refractivity contribution is -0.114. The molecule has 0 fully saturated rings. The number of benzene rings is 1. The molecule has 114 valence electrons. The summed E-state index contributed by atoms with van der Waals surface area (Å²) in [6.45, 7) is 1.23. The van der Waals surface area contributed by atoms with Crippen LogP contribution in [0, 0.1) is 11.6 Å². The van der Waals surface area contributed by atoms with Crippen LogP contribution in [0.1, 0.15) is 12.5 Å². The Morgan fingerprint density at radius 2 is 1.77 bits per heavy atom. The zero-order valence-electron chi connectivity index (χ0n) is 11.5. The lowest BCUT2D eigenvalue weighted by Gasteiger charge is -2.11. The van der Waals surface area contributed by atoms with Crippen LogP contribution in [-0.4, -0.2) is 11.8 Å². The minimum absolute atomic E-state index is 0.0105. The van der Waals surface area contributed by atoms with Crippen molar-refractivity contribution in [2.75, 3.05) is 10.6 Å². The van der Waals surface area contributed by atoms with E-state index >= 15 is 0 Å². The molecule has 0 saturated heterocycles. The average Bonchev–Trinajstić information content (AvgIpc) is 2.95. The Bertz CT molecular complexity index is 727. The second kappa shape index (κ2) is 6.95. The van der Waals surface area contributed by atoms with E-state index in [4.69, 9.17) is 0 Å². The second-order valence-corrected chi connectivity index (χ2v) is 5.15. The van der Waals surface area contributed by atoms with Crippen molar-refractivity contribution in [3.63, 3.8) is 0 Å². The van der Waals surface area contributed by atoms with Gasteiger partial charge in [-0.15, -0.1) is 0 Å². The van der Waals surface area contributed by atoms with Crippen LogP contribution < -0.4 is 10.6 Å². The van der Waals surface area contributed by atoms with Gasteiger partial charge in [-0.2, -0.15) is 11.3 Å². The third-order valence-corrected chi connectivity index (χ3v) is 3.30. The fourth-order valence-electron chi connectivity index (χ4n) is 1.66. The third-order valence-electron chi connectivity index (χ3n) is 2.60. The Morgan fingerprint density at radius 1 is 1.14 bits per heavy atom. The predicted molar refractivity (Wildman–Crippen MR) is 82.6 cm³/mol. The number of halogens is 2. The van der Waals surface area contributed by atoms with Crippen LogP contribution in [0.2, 0.25) is 0 Å². The van der Waals surface area contributed by atoms with Gasteiger partial charge in [0, 0.05) is 25.1 Å². The number of rotatable bonds is 4. The molecular formula is C15H12F2N2O2S. The summed E-state index contributed by atoms with van der Waals surface area (Å²) in [5, 5.41) is 8.45. The summed E-state index contributed by atoms with van der Waals surface area (Å²) < 4.78 is 26.5.